The molecule has 20 heavy (non-hydrogen) atoms. The van der Waals surface area contributed by atoms with Gasteiger partial charge < -0.3 is 5.32 Å². The number of nitrogens with zero attached hydrogens (tertiary/aromatic N) is 1. The molecule has 1 aliphatic heterocycles. The van der Waals surface area contributed by atoms with Crippen molar-refractivity contribution in [1.82, 2.24) is 15.8 Å². The molecule has 0 unspecified atom stereocenters. The molecule has 2 atom stereocenters. The summed E-state index contributed by atoms with van der Waals surface area (Å²) in [5.74, 6) is 0. The predicted molar refractivity (Wildman–Crippen MR) is 88.5 cm³/mol. The van der Waals surface area contributed by atoms with Crippen molar-refractivity contribution in [2.45, 2.75) is 51.6 Å². The molecule has 3 nitrogen and oxygen atoms in total. The maximum atomic E-state index is 5.39. The van der Waals surface area contributed by atoms with Gasteiger partial charge in [-0.2, -0.15) is 0 Å². The van der Waals surface area contributed by atoms with Crippen LogP contribution in [-0.4, -0.2) is 28.7 Å². The van der Waals surface area contributed by atoms with Gasteiger partial charge in [0, 0.05) is 18.6 Å². The Hall–Kier alpha value is -1.13. The van der Waals surface area contributed by atoms with Crippen LogP contribution in [0.15, 0.2) is 30.3 Å². The number of thiocarbonyl (C=S) groups is 1. The van der Waals surface area contributed by atoms with Gasteiger partial charge in [-0.3, -0.25) is 5.43 Å². The number of piperidine rings is 1. The maximum absolute atomic E-state index is 5.39. The minimum atomic E-state index is 0.549. The van der Waals surface area contributed by atoms with Crippen LogP contribution in [-0.2, 0) is 6.42 Å². The predicted octanol–water partition coefficient (Wildman–Crippen LogP) is 2.87. The number of hydrazine groups is 1. The third kappa shape index (κ3) is 4.46. The molecule has 0 spiro atoms. The van der Waals surface area contributed by atoms with Crippen molar-refractivity contribution in [2.24, 2.45) is 0 Å². The van der Waals surface area contributed by atoms with Crippen LogP contribution in [0, 0.1) is 0 Å². The lowest BCUT2D eigenvalue weighted by Crippen LogP contribution is -2.56. The lowest BCUT2D eigenvalue weighted by molar-refractivity contribution is 0.0737. The first-order valence-corrected chi connectivity index (χ1v) is 7.94. The summed E-state index contributed by atoms with van der Waals surface area (Å²) in [5, 5.41) is 6.33. The topological polar surface area (TPSA) is 27.3 Å². The molecule has 2 rings (SSSR count). The van der Waals surface area contributed by atoms with Crippen molar-refractivity contribution < 1.29 is 0 Å². The standard InChI is InChI=1S/C16H25N3S/c1-13-7-6-8-14(2)19(13)18-16(20)17-12-11-15-9-4-3-5-10-15/h3-5,9-10,13-14H,6-8,11-12H2,1-2H3,(H2,17,18,20)/t13-,14+. The second-order valence-corrected chi connectivity index (χ2v) is 6.05. The van der Waals surface area contributed by atoms with Gasteiger partial charge in [-0.15, -0.1) is 0 Å². The smallest absolute Gasteiger partial charge is 0.181 e. The molecule has 4 heteroatoms. The molecule has 1 aromatic rings. The molecule has 1 heterocycles. The molecule has 1 fully saturated rings. The highest BCUT2D eigenvalue weighted by molar-refractivity contribution is 7.80. The maximum Gasteiger partial charge on any atom is 0.181 e. The molecule has 1 aliphatic rings. The average Bonchev–Trinajstić information content (AvgIpc) is 2.44. The SMILES string of the molecule is C[C@@H]1CCC[C@H](C)N1NC(=S)NCCc1ccccc1. The second kappa shape index (κ2) is 7.60. The van der Waals surface area contributed by atoms with Gasteiger partial charge >= 0.3 is 0 Å². The number of hydrogen-bond donors (Lipinski definition) is 2. The van der Waals surface area contributed by atoms with Crippen LogP contribution < -0.4 is 10.7 Å². The summed E-state index contributed by atoms with van der Waals surface area (Å²) < 4.78 is 0. The molecule has 1 aromatic carbocycles. The summed E-state index contributed by atoms with van der Waals surface area (Å²) in [6, 6.07) is 11.6. The summed E-state index contributed by atoms with van der Waals surface area (Å²) >= 11 is 5.39. The van der Waals surface area contributed by atoms with Crippen LogP contribution in [0.2, 0.25) is 0 Å². The molecule has 0 aliphatic carbocycles. The van der Waals surface area contributed by atoms with Crippen molar-refractivity contribution in [3.05, 3.63) is 35.9 Å². The van der Waals surface area contributed by atoms with Crippen LogP contribution >= 0.6 is 12.2 Å². The molecule has 0 bridgehead atoms. The lowest BCUT2D eigenvalue weighted by Gasteiger charge is -2.39. The Labute approximate surface area is 127 Å². The molecule has 0 aromatic heterocycles. The number of nitrogens with one attached hydrogen (secondary N) is 2. The van der Waals surface area contributed by atoms with E-state index in [2.05, 4.69) is 53.9 Å². The summed E-state index contributed by atoms with van der Waals surface area (Å²) in [6.45, 7) is 5.39. The van der Waals surface area contributed by atoms with E-state index in [-0.39, 0.29) is 0 Å². The monoisotopic (exact) mass is 291 g/mol. The molecular formula is C16H25N3S. The van der Waals surface area contributed by atoms with Gasteiger partial charge in [-0.1, -0.05) is 36.8 Å². The fourth-order valence-corrected chi connectivity index (χ4v) is 2.97. The third-order valence-corrected chi connectivity index (χ3v) is 4.20. The number of benzene rings is 1. The lowest BCUT2D eigenvalue weighted by atomic mass is 10.00. The quantitative estimate of drug-likeness (QED) is 0.834. The fourth-order valence-electron chi connectivity index (χ4n) is 2.76. The Morgan fingerprint density at radius 3 is 2.50 bits per heavy atom. The average molecular weight is 291 g/mol. The molecule has 110 valence electrons. The zero-order valence-corrected chi connectivity index (χ0v) is 13.2. The summed E-state index contributed by atoms with van der Waals surface area (Å²) in [5.41, 5.74) is 4.69. The molecule has 0 saturated carbocycles. The molecule has 0 amide bonds. The Kier molecular flexibility index (Phi) is 5.80. The van der Waals surface area contributed by atoms with Gasteiger partial charge in [0.1, 0.15) is 0 Å². The Morgan fingerprint density at radius 2 is 1.85 bits per heavy atom. The van der Waals surface area contributed by atoms with Gasteiger partial charge in [-0.05, 0) is 50.9 Å². The van der Waals surface area contributed by atoms with Crippen LogP contribution in [0.5, 0.6) is 0 Å². The molecule has 0 radical (unpaired) electrons. The first kappa shape index (κ1) is 15.3. The Morgan fingerprint density at radius 1 is 1.20 bits per heavy atom. The van der Waals surface area contributed by atoms with Gasteiger partial charge in [0.2, 0.25) is 0 Å². The van der Waals surface area contributed by atoms with Gasteiger partial charge in [0.25, 0.3) is 0 Å². The van der Waals surface area contributed by atoms with Crippen molar-refractivity contribution in [2.75, 3.05) is 6.54 Å². The Bertz CT molecular complexity index is 411. The Balaban J connectivity index is 1.72. The van der Waals surface area contributed by atoms with Crippen molar-refractivity contribution in [1.29, 1.82) is 0 Å². The van der Waals surface area contributed by atoms with Gasteiger partial charge in [0.15, 0.2) is 5.11 Å². The number of rotatable bonds is 4. The zero-order chi connectivity index (χ0) is 14.4. The van der Waals surface area contributed by atoms with Gasteiger partial charge in [0.05, 0.1) is 0 Å². The molecule has 2 N–H and O–H groups in total. The van der Waals surface area contributed by atoms with Crippen LogP contribution in [0.4, 0.5) is 0 Å². The van der Waals surface area contributed by atoms with E-state index in [0.717, 1.165) is 18.1 Å². The van der Waals surface area contributed by atoms with Crippen molar-refractivity contribution in [3.63, 3.8) is 0 Å². The normalized spacial score (nSPS) is 23.3. The molecule has 1 saturated heterocycles. The highest BCUT2D eigenvalue weighted by atomic mass is 32.1. The minimum absolute atomic E-state index is 0.549. The van der Waals surface area contributed by atoms with Gasteiger partial charge in [-0.25, -0.2) is 5.01 Å². The van der Waals surface area contributed by atoms with Crippen LogP contribution in [0.3, 0.4) is 0 Å². The van der Waals surface area contributed by atoms with E-state index in [1.807, 2.05) is 6.07 Å². The molecular weight excluding hydrogens is 266 g/mol. The van der Waals surface area contributed by atoms with E-state index >= 15 is 0 Å². The van der Waals surface area contributed by atoms with E-state index in [1.54, 1.807) is 0 Å². The largest absolute Gasteiger partial charge is 0.361 e. The van der Waals surface area contributed by atoms with Crippen molar-refractivity contribution in [3.8, 4) is 0 Å². The van der Waals surface area contributed by atoms with E-state index in [9.17, 15) is 0 Å². The minimum Gasteiger partial charge on any atom is -0.361 e. The summed E-state index contributed by atoms with van der Waals surface area (Å²) in [4.78, 5) is 0. The van der Waals surface area contributed by atoms with Crippen molar-refractivity contribution >= 4 is 17.3 Å². The summed E-state index contributed by atoms with van der Waals surface area (Å²) in [7, 11) is 0. The van der Waals surface area contributed by atoms with E-state index in [1.165, 1.54) is 24.8 Å². The second-order valence-electron chi connectivity index (χ2n) is 5.64. The first-order valence-electron chi connectivity index (χ1n) is 7.53. The van der Waals surface area contributed by atoms with Crippen LogP contribution in [0.25, 0.3) is 0 Å². The summed E-state index contributed by atoms with van der Waals surface area (Å²) in [6.07, 6.45) is 4.79. The third-order valence-electron chi connectivity index (χ3n) is 3.97. The van der Waals surface area contributed by atoms with Crippen LogP contribution in [0.1, 0.15) is 38.7 Å². The van der Waals surface area contributed by atoms with E-state index in [4.69, 9.17) is 12.2 Å². The first-order chi connectivity index (χ1) is 9.66. The fraction of sp³-hybridized carbons (Fsp3) is 0.562. The van der Waals surface area contributed by atoms with E-state index < -0.39 is 0 Å². The number of hydrogen-bond acceptors (Lipinski definition) is 2. The highest BCUT2D eigenvalue weighted by Crippen LogP contribution is 2.19. The highest BCUT2D eigenvalue weighted by Gasteiger charge is 2.24. The zero-order valence-electron chi connectivity index (χ0n) is 12.4. The van der Waals surface area contributed by atoms with E-state index in [0.29, 0.717) is 12.1 Å².